The summed E-state index contributed by atoms with van der Waals surface area (Å²) in [6.45, 7) is 1.89. The molecule has 0 N–H and O–H groups in total. The van der Waals surface area contributed by atoms with Gasteiger partial charge in [0.1, 0.15) is 12.4 Å². The number of aryl methyl sites for hydroxylation is 1. The summed E-state index contributed by atoms with van der Waals surface area (Å²) in [5.41, 5.74) is -0.136. The Balaban J connectivity index is 2.21. The van der Waals surface area contributed by atoms with Gasteiger partial charge < -0.3 is 9.30 Å². The first-order chi connectivity index (χ1) is 8.99. The third-order valence-corrected chi connectivity index (χ3v) is 2.89. The highest BCUT2D eigenvalue weighted by molar-refractivity contribution is 6.30. The van der Waals surface area contributed by atoms with Gasteiger partial charge >= 0.3 is 5.69 Å². The van der Waals surface area contributed by atoms with Crippen LogP contribution in [0.4, 0.5) is 5.69 Å². The molecule has 0 amide bonds. The molecule has 1 heterocycles. The number of benzene rings is 1. The largest absolute Gasteiger partial charge is 0.479 e. The van der Waals surface area contributed by atoms with Crippen LogP contribution in [0.15, 0.2) is 18.2 Å². The minimum Gasteiger partial charge on any atom is -0.479 e. The summed E-state index contributed by atoms with van der Waals surface area (Å²) in [4.78, 5) is 10.3. The molecule has 1 aromatic heterocycles. The summed E-state index contributed by atoms with van der Waals surface area (Å²) in [5, 5.41) is 19.0. The van der Waals surface area contributed by atoms with E-state index < -0.39 is 4.92 Å². The first-order valence-corrected chi connectivity index (χ1v) is 5.78. The maximum atomic E-state index is 10.9. The number of hydrogen-bond acceptors (Lipinski definition) is 5. The van der Waals surface area contributed by atoms with Crippen molar-refractivity contribution in [2.75, 3.05) is 0 Å². The summed E-state index contributed by atoms with van der Waals surface area (Å²) in [5.74, 6) is 1.42. The highest BCUT2D eigenvalue weighted by atomic mass is 35.5. The minimum absolute atomic E-state index is 0.0819. The normalized spacial score (nSPS) is 10.5. The van der Waals surface area contributed by atoms with Crippen molar-refractivity contribution in [3.63, 3.8) is 0 Å². The van der Waals surface area contributed by atoms with E-state index in [1.54, 1.807) is 18.5 Å². The second kappa shape index (κ2) is 5.23. The van der Waals surface area contributed by atoms with Crippen molar-refractivity contribution in [3.05, 3.63) is 45.0 Å². The van der Waals surface area contributed by atoms with E-state index in [0.717, 1.165) is 5.82 Å². The van der Waals surface area contributed by atoms with Crippen LogP contribution in [0.5, 0.6) is 5.75 Å². The number of nitro benzene ring substituents is 1. The zero-order chi connectivity index (χ0) is 14.0. The molecule has 1 aromatic carbocycles. The van der Waals surface area contributed by atoms with Crippen LogP contribution in [-0.4, -0.2) is 19.7 Å². The van der Waals surface area contributed by atoms with Gasteiger partial charge in [-0.05, 0) is 13.0 Å². The molecule has 7 nitrogen and oxygen atoms in total. The monoisotopic (exact) mass is 282 g/mol. The van der Waals surface area contributed by atoms with Crippen molar-refractivity contribution < 1.29 is 9.66 Å². The molecule has 0 spiro atoms. The summed E-state index contributed by atoms with van der Waals surface area (Å²) >= 11 is 5.80. The van der Waals surface area contributed by atoms with Gasteiger partial charge in [-0.15, -0.1) is 10.2 Å². The first kappa shape index (κ1) is 13.3. The molecule has 0 atom stereocenters. The Morgan fingerprint density at radius 3 is 2.79 bits per heavy atom. The molecule has 0 bridgehead atoms. The zero-order valence-electron chi connectivity index (χ0n) is 10.3. The van der Waals surface area contributed by atoms with Gasteiger partial charge in [0.2, 0.25) is 0 Å². The minimum atomic E-state index is -0.520. The quantitative estimate of drug-likeness (QED) is 0.634. The molecule has 0 aliphatic heterocycles. The standard InChI is InChI=1S/C11H11ClN4O3/c1-7-13-14-11(15(7)2)6-19-10-5-8(12)3-4-9(10)16(17)18/h3-5H,6H2,1-2H3. The molecule has 0 radical (unpaired) electrons. The summed E-state index contributed by atoms with van der Waals surface area (Å²) in [6, 6.07) is 4.15. The van der Waals surface area contributed by atoms with Crippen LogP contribution in [0, 0.1) is 17.0 Å². The second-order valence-corrected chi connectivity index (χ2v) is 4.32. The highest BCUT2D eigenvalue weighted by Crippen LogP contribution is 2.30. The maximum Gasteiger partial charge on any atom is 0.311 e. The molecule has 19 heavy (non-hydrogen) atoms. The number of halogens is 1. The van der Waals surface area contributed by atoms with Crippen LogP contribution in [-0.2, 0) is 13.7 Å². The zero-order valence-corrected chi connectivity index (χ0v) is 11.1. The van der Waals surface area contributed by atoms with Gasteiger partial charge in [-0.2, -0.15) is 0 Å². The molecule has 0 aliphatic carbocycles. The lowest BCUT2D eigenvalue weighted by Crippen LogP contribution is -2.05. The van der Waals surface area contributed by atoms with Crippen LogP contribution in [0.25, 0.3) is 0 Å². The Morgan fingerprint density at radius 2 is 2.21 bits per heavy atom. The topological polar surface area (TPSA) is 83.1 Å². The summed E-state index contributed by atoms with van der Waals surface area (Å²) in [7, 11) is 1.79. The average molecular weight is 283 g/mol. The van der Waals surface area contributed by atoms with Gasteiger partial charge in [-0.25, -0.2) is 0 Å². The van der Waals surface area contributed by atoms with Crippen LogP contribution in [0.3, 0.4) is 0 Å². The molecule has 0 saturated carbocycles. The average Bonchev–Trinajstić information content (AvgIpc) is 2.67. The third kappa shape index (κ3) is 2.82. The molecule has 2 aromatic rings. The highest BCUT2D eigenvalue weighted by Gasteiger charge is 2.16. The van der Waals surface area contributed by atoms with Gasteiger partial charge in [0.15, 0.2) is 11.6 Å². The van der Waals surface area contributed by atoms with Crippen molar-refractivity contribution >= 4 is 17.3 Å². The van der Waals surface area contributed by atoms with E-state index in [0.29, 0.717) is 10.8 Å². The van der Waals surface area contributed by atoms with Gasteiger partial charge in [0.25, 0.3) is 0 Å². The Labute approximate surface area is 113 Å². The molecule has 0 saturated heterocycles. The van der Waals surface area contributed by atoms with Gasteiger partial charge in [0, 0.05) is 24.2 Å². The van der Waals surface area contributed by atoms with Gasteiger partial charge in [-0.1, -0.05) is 11.6 Å². The number of rotatable bonds is 4. The van der Waals surface area contributed by atoms with E-state index in [9.17, 15) is 10.1 Å². The predicted octanol–water partition coefficient (Wildman–Crippen LogP) is 2.26. The third-order valence-electron chi connectivity index (χ3n) is 2.66. The van der Waals surface area contributed by atoms with E-state index in [4.69, 9.17) is 16.3 Å². The predicted molar refractivity (Wildman–Crippen MR) is 68.2 cm³/mol. The maximum absolute atomic E-state index is 10.9. The summed E-state index contributed by atoms with van der Waals surface area (Å²) < 4.78 is 7.16. The van der Waals surface area contributed by atoms with Crippen LogP contribution >= 0.6 is 11.6 Å². The summed E-state index contributed by atoms with van der Waals surface area (Å²) in [6.07, 6.45) is 0. The number of hydrogen-bond donors (Lipinski definition) is 0. The van der Waals surface area contributed by atoms with Crippen LogP contribution in [0.1, 0.15) is 11.6 Å². The Morgan fingerprint density at radius 1 is 1.47 bits per heavy atom. The molecule has 0 fully saturated rings. The molecular formula is C11H11ClN4O3. The molecular weight excluding hydrogens is 272 g/mol. The second-order valence-electron chi connectivity index (χ2n) is 3.88. The molecule has 100 valence electrons. The van der Waals surface area contributed by atoms with Crippen molar-refractivity contribution in [3.8, 4) is 5.75 Å². The SMILES string of the molecule is Cc1nnc(COc2cc(Cl)ccc2[N+](=O)[O-])n1C. The fraction of sp³-hybridized carbons (Fsp3) is 0.273. The van der Waals surface area contributed by atoms with Gasteiger partial charge in [-0.3, -0.25) is 10.1 Å². The van der Waals surface area contributed by atoms with Crippen molar-refractivity contribution in [2.45, 2.75) is 13.5 Å². The number of nitrogens with zero attached hydrogens (tertiary/aromatic N) is 4. The van der Waals surface area contributed by atoms with Gasteiger partial charge in [0.05, 0.1) is 4.92 Å². The molecule has 2 rings (SSSR count). The van der Waals surface area contributed by atoms with Crippen molar-refractivity contribution in [1.29, 1.82) is 0 Å². The van der Waals surface area contributed by atoms with E-state index in [1.807, 2.05) is 0 Å². The Bertz CT molecular complexity index is 626. The fourth-order valence-electron chi connectivity index (χ4n) is 1.47. The number of nitro groups is 1. The number of aromatic nitrogens is 3. The van der Waals surface area contributed by atoms with Crippen molar-refractivity contribution in [1.82, 2.24) is 14.8 Å². The molecule has 0 unspecified atom stereocenters. The van der Waals surface area contributed by atoms with Crippen LogP contribution in [0.2, 0.25) is 5.02 Å². The lowest BCUT2D eigenvalue weighted by atomic mass is 10.3. The number of ether oxygens (including phenoxy) is 1. The lowest BCUT2D eigenvalue weighted by molar-refractivity contribution is -0.385. The van der Waals surface area contributed by atoms with E-state index in [2.05, 4.69) is 10.2 Å². The van der Waals surface area contributed by atoms with Crippen LogP contribution < -0.4 is 4.74 Å². The fourth-order valence-corrected chi connectivity index (χ4v) is 1.64. The lowest BCUT2D eigenvalue weighted by Gasteiger charge is -2.06. The molecule has 0 aliphatic rings. The smallest absolute Gasteiger partial charge is 0.311 e. The Hall–Kier alpha value is -2.15. The van der Waals surface area contributed by atoms with Crippen molar-refractivity contribution in [2.24, 2.45) is 7.05 Å². The van der Waals surface area contributed by atoms with E-state index >= 15 is 0 Å². The Kier molecular flexibility index (Phi) is 3.66. The first-order valence-electron chi connectivity index (χ1n) is 5.40. The van der Waals surface area contributed by atoms with E-state index in [1.165, 1.54) is 18.2 Å². The molecule has 8 heteroatoms. The van der Waals surface area contributed by atoms with E-state index in [-0.39, 0.29) is 18.0 Å².